The zero-order chi connectivity index (χ0) is 49.0. The molecule has 0 saturated heterocycles. The Balaban J connectivity index is 1.52. The molecule has 0 N–H and O–H groups in total. The summed E-state index contributed by atoms with van der Waals surface area (Å²) in [6.45, 7) is 29.0. The third-order valence-electron chi connectivity index (χ3n) is 15.1. The Labute approximate surface area is 415 Å². The maximum Gasteiger partial charge on any atom is 0.301 e. The van der Waals surface area contributed by atoms with Crippen LogP contribution in [-0.2, 0) is 11.8 Å². The highest BCUT2D eigenvalue weighted by molar-refractivity contribution is 7.26. The highest BCUT2D eigenvalue weighted by Gasteiger charge is 2.48. The number of benzene rings is 6. The Morgan fingerprint density at radius 1 is 0.884 bits per heavy atom. The SMILES string of the molecule is C=C1C(N(C)/C=C(\CC)[Si](C)(C)C)C(C)(C(C)/C=C\C=C/C)CCc2ccc3c(sc4cc(F)ccc43)c2-c2n(-c3c(-c4ccccc4)cc(C(C)(C)C)cc3-c3ccccc3)c3ccccc3[n+]21. The van der Waals surface area contributed by atoms with Crippen LogP contribution in [0, 0.1) is 17.2 Å². The van der Waals surface area contributed by atoms with Crippen molar-refractivity contribution in [3.63, 3.8) is 0 Å². The summed E-state index contributed by atoms with van der Waals surface area (Å²) in [5, 5.41) is 3.75. The van der Waals surface area contributed by atoms with E-state index in [2.05, 4.69) is 229 Å². The number of aromatic nitrogens is 2. The normalized spacial score (nSPS) is 17.7. The van der Waals surface area contributed by atoms with E-state index in [0.717, 1.165) is 89.9 Å². The third-order valence-corrected chi connectivity index (χ3v) is 18.7. The van der Waals surface area contributed by atoms with Crippen LogP contribution < -0.4 is 4.57 Å². The summed E-state index contributed by atoms with van der Waals surface area (Å²) in [5.74, 6) is 1.03. The number of likely N-dealkylation sites (N-methyl/N-ethyl adjacent to an activating group) is 1. The van der Waals surface area contributed by atoms with Gasteiger partial charge in [0.25, 0.3) is 0 Å². The summed E-state index contributed by atoms with van der Waals surface area (Å²) >= 11 is 1.71. The van der Waals surface area contributed by atoms with Gasteiger partial charge in [-0.3, -0.25) is 0 Å². The maximum atomic E-state index is 15.3. The Morgan fingerprint density at radius 3 is 2.12 bits per heavy atom. The second-order valence-corrected chi connectivity index (χ2v) is 27.8. The number of imidazole rings is 1. The van der Waals surface area contributed by atoms with E-state index in [1.54, 1.807) is 23.5 Å². The largest absolute Gasteiger partial charge is 0.370 e. The van der Waals surface area contributed by atoms with Crippen LogP contribution in [0.4, 0.5) is 4.39 Å². The van der Waals surface area contributed by atoms with Crippen LogP contribution in [0.5, 0.6) is 0 Å². The fourth-order valence-electron chi connectivity index (χ4n) is 11.1. The molecule has 6 heteroatoms. The topological polar surface area (TPSA) is 12.1 Å². The van der Waals surface area contributed by atoms with Crippen LogP contribution >= 0.6 is 11.3 Å². The van der Waals surface area contributed by atoms with E-state index in [1.165, 1.54) is 21.9 Å². The molecule has 6 aromatic carbocycles. The molecule has 8 aromatic rings. The van der Waals surface area contributed by atoms with Gasteiger partial charge in [0, 0.05) is 39.1 Å². The van der Waals surface area contributed by atoms with Crippen molar-refractivity contribution in [2.24, 2.45) is 11.3 Å². The quantitative estimate of drug-likeness (QED) is 0.0756. The number of thiophene rings is 1. The molecule has 3 nitrogen and oxygen atoms in total. The predicted octanol–water partition coefficient (Wildman–Crippen LogP) is 17.4. The van der Waals surface area contributed by atoms with Gasteiger partial charge in [-0.05, 0) is 102 Å². The second kappa shape index (κ2) is 18.7. The van der Waals surface area contributed by atoms with Gasteiger partial charge in [0.05, 0.1) is 24.4 Å². The fourth-order valence-corrected chi connectivity index (χ4v) is 14.1. The molecule has 352 valence electrons. The van der Waals surface area contributed by atoms with Crippen molar-refractivity contribution in [2.75, 3.05) is 7.05 Å². The number of halogens is 1. The second-order valence-electron chi connectivity index (χ2n) is 21.6. The zero-order valence-electron chi connectivity index (χ0n) is 42.6. The van der Waals surface area contributed by atoms with Gasteiger partial charge in [-0.25, -0.2) is 4.39 Å². The summed E-state index contributed by atoms with van der Waals surface area (Å²) in [6, 6.07) is 45.6. The monoisotopic (exact) mass is 946 g/mol. The van der Waals surface area contributed by atoms with E-state index in [-0.39, 0.29) is 28.6 Å². The van der Waals surface area contributed by atoms with Crippen LogP contribution in [0.25, 0.3) is 76.2 Å². The van der Waals surface area contributed by atoms with Gasteiger partial charge in [-0.2, -0.15) is 9.13 Å². The van der Waals surface area contributed by atoms with E-state index >= 15 is 4.39 Å². The maximum absolute atomic E-state index is 15.3. The van der Waals surface area contributed by atoms with Crippen LogP contribution in [-0.4, -0.2) is 30.6 Å². The lowest BCUT2D eigenvalue weighted by atomic mass is 9.67. The lowest BCUT2D eigenvalue weighted by molar-refractivity contribution is -0.546. The first-order chi connectivity index (χ1) is 33.0. The summed E-state index contributed by atoms with van der Waals surface area (Å²) in [7, 11) is 0.617. The molecule has 0 bridgehead atoms. The minimum Gasteiger partial charge on any atom is -0.370 e. The first-order valence-electron chi connectivity index (χ1n) is 24.9. The van der Waals surface area contributed by atoms with E-state index in [1.807, 2.05) is 6.07 Å². The van der Waals surface area contributed by atoms with Gasteiger partial charge in [0.2, 0.25) is 0 Å². The van der Waals surface area contributed by atoms with Crippen molar-refractivity contribution in [3.8, 4) is 39.3 Å². The number of para-hydroxylation sites is 2. The van der Waals surface area contributed by atoms with E-state index in [9.17, 15) is 0 Å². The summed E-state index contributed by atoms with van der Waals surface area (Å²) in [4.78, 5) is 2.54. The molecule has 69 heavy (non-hydrogen) atoms. The van der Waals surface area contributed by atoms with Gasteiger partial charge in [-0.1, -0.05) is 188 Å². The minimum atomic E-state index is -1.69. The first kappa shape index (κ1) is 48.0. The summed E-state index contributed by atoms with van der Waals surface area (Å²) in [6.07, 6.45) is 14.2. The van der Waals surface area contributed by atoms with Gasteiger partial charge in [0.1, 0.15) is 17.2 Å². The summed E-state index contributed by atoms with van der Waals surface area (Å²) in [5.41, 5.74) is 12.3. The smallest absolute Gasteiger partial charge is 0.301 e. The predicted molar refractivity (Wildman–Crippen MR) is 299 cm³/mol. The molecular formula is C63H69FN3SSi+. The molecule has 3 heterocycles. The standard InChI is InChI=1S/C63H69FN3SSi/c1-13-15-18-25-42(3)63(8)37-36-46-32-34-51-50-35-33-48(64)40-56(50)68-59(51)57(46)61-66(43(4)60(63)65(9)41-49(14-2)69(10,11)12)54-30-23-24-31-55(54)67(61)58-52(44-26-19-16-20-27-44)38-47(62(5,6)7)39-53(58)45-28-21-17-22-29-45/h13,15-35,38-42,60H,4,14,36-37H2,1-3,5-12H3/q+1/b15-13-,25-18-,49-41+. The Kier molecular flexibility index (Phi) is 13.0. The van der Waals surface area contributed by atoms with Gasteiger partial charge < -0.3 is 4.90 Å². The van der Waals surface area contributed by atoms with Crippen molar-refractivity contribution in [2.45, 2.75) is 98.8 Å². The molecule has 3 unspecified atom stereocenters. The highest BCUT2D eigenvalue weighted by atomic mass is 32.1. The first-order valence-corrected chi connectivity index (χ1v) is 29.2. The lowest BCUT2D eigenvalue weighted by Gasteiger charge is -2.46. The number of hydrogen-bond acceptors (Lipinski definition) is 2. The van der Waals surface area contributed by atoms with Crippen LogP contribution in [0.2, 0.25) is 19.6 Å². The average molecular weight is 947 g/mol. The number of rotatable bonds is 10. The molecule has 0 saturated carbocycles. The van der Waals surface area contributed by atoms with Crippen molar-refractivity contribution in [1.82, 2.24) is 9.47 Å². The molecule has 9 rings (SSSR count). The fraction of sp³-hybridized carbons (Fsp3) is 0.286. The molecule has 1 aliphatic rings. The summed E-state index contributed by atoms with van der Waals surface area (Å²) < 4.78 is 22.5. The molecule has 3 atom stereocenters. The van der Waals surface area contributed by atoms with E-state index < -0.39 is 8.07 Å². The number of allylic oxidation sites excluding steroid dienone is 5. The Morgan fingerprint density at radius 2 is 1.51 bits per heavy atom. The molecular weight excluding hydrogens is 878 g/mol. The van der Waals surface area contributed by atoms with E-state index in [4.69, 9.17) is 6.58 Å². The molecule has 0 aliphatic carbocycles. The zero-order valence-corrected chi connectivity index (χ0v) is 44.4. The number of hydrogen-bond donors (Lipinski definition) is 0. The molecule has 0 amide bonds. The van der Waals surface area contributed by atoms with Crippen molar-refractivity contribution < 1.29 is 8.96 Å². The minimum absolute atomic E-state index is 0.115. The van der Waals surface area contributed by atoms with E-state index in [0.29, 0.717) is 0 Å². The number of aryl methyl sites for hydroxylation is 1. The number of fused-ring (bicyclic) bond motifs is 9. The number of nitrogens with zero attached hydrogens (tertiary/aromatic N) is 3. The van der Waals surface area contributed by atoms with Crippen molar-refractivity contribution in [1.29, 1.82) is 0 Å². The Hall–Kier alpha value is -6.08. The van der Waals surface area contributed by atoms with Crippen LogP contribution in [0.15, 0.2) is 170 Å². The molecule has 0 radical (unpaired) electrons. The molecule has 0 spiro atoms. The highest BCUT2D eigenvalue weighted by Crippen LogP contribution is 2.51. The lowest BCUT2D eigenvalue weighted by Crippen LogP contribution is -2.53. The van der Waals surface area contributed by atoms with Gasteiger partial charge >= 0.3 is 5.82 Å². The van der Waals surface area contributed by atoms with Gasteiger partial charge in [0.15, 0.2) is 11.0 Å². The van der Waals surface area contributed by atoms with Crippen LogP contribution in [0.3, 0.4) is 0 Å². The van der Waals surface area contributed by atoms with Crippen molar-refractivity contribution in [3.05, 3.63) is 187 Å². The molecule has 0 fully saturated rings. The van der Waals surface area contributed by atoms with Crippen LogP contribution in [0.1, 0.15) is 72.4 Å². The Bertz CT molecular complexity index is 3260. The van der Waals surface area contributed by atoms with Crippen molar-refractivity contribution >= 4 is 56.3 Å². The molecule has 2 aromatic heterocycles. The molecule has 1 aliphatic heterocycles. The average Bonchev–Trinajstić information content (AvgIpc) is 3.87. The van der Waals surface area contributed by atoms with Gasteiger partial charge in [-0.15, -0.1) is 11.3 Å². The third kappa shape index (κ3) is 8.69.